The van der Waals surface area contributed by atoms with Crippen molar-refractivity contribution in [3.05, 3.63) is 0 Å². The van der Waals surface area contributed by atoms with Gasteiger partial charge in [0, 0.05) is 6.54 Å². The first-order valence-corrected chi connectivity index (χ1v) is 6.81. The largest absolute Gasteiger partial charge is 0.480 e. The molecule has 0 aromatic heterocycles. The van der Waals surface area contributed by atoms with Crippen molar-refractivity contribution in [2.45, 2.75) is 45.6 Å². The van der Waals surface area contributed by atoms with Crippen LogP contribution in [0.1, 0.15) is 40.0 Å². The van der Waals surface area contributed by atoms with E-state index >= 15 is 0 Å². The van der Waals surface area contributed by atoms with Crippen LogP contribution >= 0.6 is 0 Å². The third-order valence-corrected chi connectivity index (χ3v) is 4.12. The van der Waals surface area contributed by atoms with Crippen molar-refractivity contribution in [3.63, 3.8) is 0 Å². The van der Waals surface area contributed by atoms with E-state index in [2.05, 4.69) is 30.6 Å². The van der Waals surface area contributed by atoms with E-state index in [0.29, 0.717) is 0 Å². The Kier molecular flexibility index (Phi) is 5.40. The molecule has 0 aromatic carbocycles. The molecular formula is C13H26N2O2. The van der Waals surface area contributed by atoms with Crippen molar-refractivity contribution in [2.75, 3.05) is 32.7 Å². The topological polar surface area (TPSA) is 43.8 Å². The summed E-state index contributed by atoms with van der Waals surface area (Å²) in [6.45, 7) is 10.8. The average Bonchev–Trinajstić information content (AvgIpc) is 2.54. The molecule has 0 radical (unpaired) electrons. The molecule has 1 aliphatic heterocycles. The van der Waals surface area contributed by atoms with E-state index < -0.39 is 11.5 Å². The minimum Gasteiger partial charge on any atom is -0.480 e. The molecule has 4 heteroatoms. The third kappa shape index (κ3) is 2.99. The van der Waals surface area contributed by atoms with E-state index in [1.54, 1.807) is 0 Å². The zero-order valence-corrected chi connectivity index (χ0v) is 11.4. The van der Waals surface area contributed by atoms with Crippen LogP contribution < -0.4 is 0 Å². The SMILES string of the molecule is CCN1CCCC(C(=O)O)(N(CC)CC)CC1. The lowest BCUT2D eigenvalue weighted by molar-refractivity contribution is -0.152. The van der Waals surface area contributed by atoms with Gasteiger partial charge in [0.2, 0.25) is 0 Å². The molecule has 0 aliphatic carbocycles. The van der Waals surface area contributed by atoms with Crippen molar-refractivity contribution >= 4 is 5.97 Å². The summed E-state index contributed by atoms with van der Waals surface area (Å²) in [5.74, 6) is -0.640. The summed E-state index contributed by atoms with van der Waals surface area (Å²) < 4.78 is 0. The second-order valence-electron chi connectivity index (χ2n) is 4.80. The number of likely N-dealkylation sites (N-methyl/N-ethyl adjacent to an activating group) is 1. The summed E-state index contributed by atoms with van der Waals surface area (Å²) >= 11 is 0. The van der Waals surface area contributed by atoms with Gasteiger partial charge in [-0.3, -0.25) is 9.69 Å². The molecular weight excluding hydrogens is 216 g/mol. The van der Waals surface area contributed by atoms with Gasteiger partial charge < -0.3 is 10.0 Å². The molecule has 4 nitrogen and oxygen atoms in total. The minimum atomic E-state index is -0.640. The summed E-state index contributed by atoms with van der Waals surface area (Å²) in [5.41, 5.74) is -0.632. The van der Waals surface area contributed by atoms with E-state index in [1.807, 2.05) is 0 Å². The molecule has 1 fully saturated rings. The number of rotatable bonds is 5. The van der Waals surface area contributed by atoms with Gasteiger partial charge in [0.15, 0.2) is 0 Å². The quantitative estimate of drug-likeness (QED) is 0.796. The Hall–Kier alpha value is -0.610. The molecule has 1 N–H and O–H groups in total. The fourth-order valence-electron chi connectivity index (χ4n) is 2.99. The number of carboxylic acids is 1. The van der Waals surface area contributed by atoms with Crippen molar-refractivity contribution in [1.29, 1.82) is 0 Å². The second-order valence-corrected chi connectivity index (χ2v) is 4.80. The maximum atomic E-state index is 11.7. The predicted molar refractivity (Wildman–Crippen MR) is 69.3 cm³/mol. The van der Waals surface area contributed by atoms with E-state index in [0.717, 1.165) is 52.0 Å². The van der Waals surface area contributed by atoms with Crippen molar-refractivity contribution in [3.8, 4) is 0 Å². The molecule has 1 atom stereocenters. The Morgan fingerprint density at radius 1 is 1.24 bits per heavy atom. The van der Waals surface area contributed by atoms with Gasteiger partial charge in [-0.05, 0) is 45.4 Å². The fourth-order valence-corrected chi connectivity index (χ4v) is 2.99. The third-order valence-electron chi connectivity index (χ3n) is 4.12. The molecule has 0 amide bonds. The molecule has 17 heavy (non-hydrogen) atoms. The molecule has 0 saturated carbocycles. The van der Waals surface area contributed by atoms with E-state index in [1.165, 1.54) is 0 Å². The fraction of sp³-hybridized carbons (Fsp3) is 0.923. The van der Waals surface area contributed by atoms with E-state index in [-0.39, 0.29) is 0 Å². The number of hydrogen-bond acceptors (Lipinski definition) is 3. The molecule has 100 valence electrons. The van der Waals surface area contributed by atoms with Gasteiger partial charge in [0.1, 0.15) is 5.54 Å². The highest BCUT2D eigenvalue weighted by Crippen LogP contribution is 2.29. The average molecular weight is 242 g/mol. The van der Waals surface area contributed by atoms with Crippen molar-refractivity contribution in [1.82, 2.24) is 9.80 Å². The van der Waals surface area contributed by atoms with Gasteiger partial charge in [0.05, 0.1) is 0 Å². The minimum absolute atomic E-state index is 0.632. The van der Waals surface area contributed by atoms with Gasteiger partial charge in [0.25, 0.3) is 0 Å². The summed E-state index contributed by atoms with van der Waals surface area (Å²) in [6, 6.07) is 0. The van der Waals surface area contributed by atoms with Crippen LogP contribution in [-0.2, 0) is 4.79 Å². The maximum Gasteiger partial charge on any atom is 0.324 e. The predicted octanol–water partition coefficient (Wildman–Crippen LogP) is 1.66. The van der Waals surface area contributed by atoms with E-state index in [9.17, 15) is 9.90 Å². The highest BCUT2D eigenvalue weighted by atomic mass is 16.4. The first-order valence-electron chi connectivity index (χ1n) is 6.81. The van der Waals surface area contributed by atoms with Crippen molar-refractivity contribution in [2.24, 2.45) is 0 Å². The monoisotopic (exact) mass is 242 g/mol. The number of aliphatic carboxylic acids is 1. The van der Waals surface area contributed by atoms with Gasteiger partial charge in [-0.25, -0.2) is 0 Å². The maximum absolute atomic E-state index is 11.7. The summed E-state index contributed by atoms with van der Waals surface area (Å²) in [4.78, 5) is 16.2. The van der Waals surface area contributed by atoms with Crippen LogP contribution in [0.2, 0.25) is 0 Å². The van der Waals surface area contributed by atoms with Crippen LogP contribution in [-0.4, -0.2) is 59.1 Å². The Morgan fingerprint density at radius 3 is 2.35 bits per heavy atom. The molecule has 1 heterocycles. The Bertz CT molecular complexity index is 254. The molecule has 0 aromatic rings. The second kappa shape index (κ2) is 6.36. The lowest BCUT2D eigenvalue weighted by Crippen LogP contribution is -2.55. The van der Waals surface area contributed by atoms with Gasteiger partial charge in [-0.1, -0.05) is 20.8 Å². The summed E-state index contributed by atoms with van der Waals surface area (Å²) in [5, 5.41) is 9.65. The van der Waals surface area contributed by atoms with Crippen molar-refractivity contribution < 1.29 is 9.90 Å². The van der Waals surface area contributed by atoms with Crippen LogP contribution in [0.25, 0.3) is 0 Å². The molecule has 1 aliphatic rings. The number of nitrogens with zero attached hydrogens (tertiary/aromatic N) is 2. The standard InChI is InChI=1S/C13H26N2O2/c1-4-14-10-7-8-13(9-11-14,12(16)17)15(5-2)6-3/h4-11H2,1-3H3,(H,16,17). The first kappa shape index (κ1) is 14.5. The molecule has 0 spiro atoms. The normalized spacial score (nSPS) is 27.1. The van der Waals surface area contributed by atoms with Crippen LogP contribution in [0, 0.1) is 0 Å². The van der Waals surface area contributed by atoms with Crippen LogP contribution in [0.4, 0.5) is 0 Å². The van der Waals surface area contributed by atoms with Gasteiger partial charge in [-0.2, -0.15) is 0 Å². The van der Waals surface area contributed by atoms with Gasteiger partial charge in [-0.15, -0.1) is 0 Å². The lowest BCUT2D eigenvalue weighted by Gasteiger charge is -2.39. The zero-order valence-electron chi connectivity index (χ0n) is 11.4. The summed E-state index contributed by atoms with van der Waals surface area (Å²) in [6.07, 6.45) is 2.51. The smallest absolute Gasteiger partial charge is 0.324 e. The number of carbonyl (C=O) groups is 1. The number of likely N-dealkylation sites (tertiary alicyclic amines) is 1. The molecule has 0 bridgehead atoms. The molecule has 1 rings (SSSR count). The summed E-state index contributed by atoms with van der Waals surface area (Å²) in [7, 11) is 0. The Morgan fingerprint density at radius 2 is 1.88 bits per heavy atom. The van der Waals surface area contributed by atoms with Crippen LogP contribution in [0.5, 0.6) is 0 Å². The van der Waals surface area contributed by atoms with Gasteiger partial charge >= 0.3 is 5.97 Å². The highest BCUT2D eigenvalue weighted by Gasteiger charge is 2.43. The van der Waals surface area contributed by atoms with Crippen LogP contribution in [0.3, 0.4) is 0 Å². The number of hydrogen-bond donors (Lipinski definition) is 1. The Balaban J connectivity index is 2.88. The molecule has 1 unspecified atom stereocenters. The first-order chi connectivity index (χ1) is 8.10. The Labute approximate surface area is 105 Å². The number of carboxylic acid groups (broad SMARTS) is 1. The molecule has 1 saturated heterocycles. The highest BCUT2D eigenvalue weighted by molar-refractivity contribution is 5.78. The zero-order chi connectivity index (χ0) is 12.9. The van der Waals surface area contributed by atoms with Crippen LogP contribution in [0.15, 0.2) is 0 Å². The lowest BCUT2D eigenvalue weighted by atomic mass is 9.88. The van der Waals surface area contributed by atoms with E-state index in [4.69, 9.17) is 0 Å².